The summed E-state index contributed by atoms with van der Waals surface area (Å²) in [5.74, 6) is -1.97. The maximum Gasteiger partial charge on any atom is 0.411 e. The second-order valence-electron chi connectivity index (χ2n) is 11.2. The van der Waals surface area contributed by atoms with Gasteiger partial charge in [-0.05, 0) is 75.2 Å². The molecule has 2 aliphatic rings. The highest BCUT2D eigenvalue weighted by atomic mass is 16.5. The van der Waals surface area contributed by atoms with Gasteiger partial charge in [0.25, 0.3) is 5.91 Å². The Morgan fingerprint density at radius 3 is 2.59 bits per heavy atom. The molecule has 12 nitrogen and oxygen atoms in total. The van der Waals surface area contributed by atoms with Crippen LogP contribution in [0, 0.1) is 17.8 Å². The van der Waals surface area contributed by atoms with Crippen molar-refractivity contribution in [2.45, 2.75) is 58.4 Å². The molecule has 0 bridgehead atoms. The first-order valence-corrected chi connectivity index (χ1v) is 14.5. The Kier molecular flexibility index (Phi) is 12.4. The lowest BCUT2D eigenvalue weighted by Crippen LogP contribution is -2.51. The second-order valence-corrected chi connectivity index (χ2v) is 11.2. The molecule has 2 saturated heterocycles. The van der Waals surface area contributed by atoms with Crippen molar-refractivity contribution in [3.05, 3.63) is 29.8 Å². The largest absolute Gasteiger partial charge is 0.480 e. The minimum Gasteiger partial charge on any atom is -0.480 e. The van der Waals surface area contributed by atoms with E-state index in [1.165, 1.54) is 12.1 Å². The number of nitrogens with zero attached hydrogens (tertiary/aromatic N) is 1. The van der Waals surface area contributed by atoms with Gasteiger partial charge < -0.3 is 30.7 Å². The molecule has 3 rings (SSSR count). The van der Waals surface area contributed by atoms with Crippen molar-refractivity contribution in [1.82, 2.24) is 20.9 Å². The molecule has 0 aromatic heterocycles. The molecule has 0 saturated carbocycles. The maximum absolute atomic E-state index is 12.9. The number of rotatable bonds is 12. The van der Waals surface area contributed by atoms with Crippen LogP contribution in [0.2, 0.25) is 0 Å². The zero-order chi connectivity index (χ0) is 29.8. The van der Waals surface area contributed by atoms with Crippen LogP contribution in [0.4, 0.5) is 10.5 Å². The quantitative estimate of drug-likeness (QED) is 0.254. The molecule has 4 amide bonds. The molecule has 2 aliphatic heterocycles. The summed E-state index contributed by atoms with van der Waals surface area (Å²) in [4.78, 5) is 64.0. The lowest BCUT2D eigenvalue weighted by atomic mass is 9.92. The Bertz CT molecular complexity index is 1070. The summed E-state index contributed by atoms with van der Waals surface area (Å²) in [7, 11) is 0. The normalized spacial score (nSPS) is 18.3. The number of carbonyl (C=O) groups excluding carboxylic acids is 4. The Morgan fingerprint density at radius 2 is 1.88 bits per heavy atom. The third-order valence-corrected chi connectivity index (χ3v) is 7.37. The zero-order valence-electron chi connectivity index (χ0n) is 23.9. The van der Waals surface area contributed by atoms with E-state index in [4.69, 9.17) is 4.74 Å². The SMILES string of the molecule is CC(C)COC(=O)Nc1cccc(C(=O)NC(CNC(=O)[C@@H]2CCCN(C(=O)CCC3CCNCC3)C2)C(=O)O)c1. The van der Waals surface area contributed by atoms with E-state index >= 15 is 0 Å². The number of carboxylic acid groups (broad SMARTS) is 1. The molecule has 2 atom stereocenters. The predicted molar refractivity (Wildman–Crippen MR) is 152 cm³/mol. The van der Waals surface area contributed by atoms with Crippen molar-refractivity contribution >= 4 is 35.5 Å². The van der Waals surface area contributed by atoms with Gasteiger partial charge in [0, 0.05) is 37.3 Å². The summed E-state index contributed by atoms with van der Waals surface area (Å²) in [5, 5.41) is 20.6. The van der Waals surface area contributed by atoms with Crippen molar-refractivity contribution in [3.8, 4) is 0 Å². The van der Waals surface area contributed by atoms with Crippen LogP contribution < -0.4 is 21.3 Å². The molecule has 41 heavy (non-hydrogen) atoms. The van der Waals surface area contributed by atoms with Gasteiger partial charge in [-0.3, -0.25) is 19.7 Å². The summed E-state index contributed by atoms with van der Waals surface area (Å²) in [6.07, 6.45) is 4.13. The van der Waals surface area contributed by atoms with Gasteiger partial charge in [0.1, 0.15) is 6.04 Å². The topological polar surface area (TPSA) is 166 Å². The summed E-state index contributed by atoms with van der Waals surface area (Å²) >= 11 is 0. The second kappa shape index (κ2) is 15.9. The van der Waals surface area contributed by atoms with Crippen LogP contribution in [-0.4, -0.2) is 85.2 Å². The Labute approximate surface area is 240 Å². The number of anilines is 1. The van der Waals surface area contributed by atoms with Crippen molar-refractivity contribution in [1.29, 1.82) is 0 Å². The van der Waals surface area contributed by atoms with Crippen molar-refractivity contribution in [3.63, 3.8) is 0 Å². The Morgan fingerprint density at radius 1 is 1.12 bits per heavy atom. The lowest BCUT2D eigenvalue weighted by molar-refractivity contribution is -0.139. The number of nitrogens with one attached hydrogen (secondary N) is 4. The highest BCUT2D eigenvalue weighted by molar-refractivity contribution is 5.98. The van der Waals surface area contributed by atoms with Crippen LogP contribution >= 0.6 is 0 Å². The molecule has 1 aromatic rings. The van der Waals surface area contributed by atoms with E-state index < -0.39 is 29.9 Å². The van der Waals surface area contributed by atoms with Crippen LogP contribution in [0.1, 0.15) is 62.7 Å². The van der Waals surface area contributed by atoms with Gasteiger partial charge in [0.15, 0.2) is 0 Å². The zero-order valence-corrected chi connectivity index (χ0v) is 23.9. The molecule has 226 valence electrons. The van der Waals surface area contributed by atoms with E-state index in [0.717, 1.165) is 32.4 Å². The van der Waals surface area contributed by atoms with Crippen LogP contribution in [0.5, 0.6) is 0 Å². The van der Waals surface area contributed by atoms with E-state index in [-0.39, 0.29) is 36.4 Å². The summed E-state index contributed by atoms with van der Waals surface area (Å²) in [6, 6.07) is 4.64. The van der Waals surface area contributed by atoms with Crippen molar-refractivity contribution in [2.75, 3.05) is 44.6 Å². The molecule has 2 heterocycles. The van der Waals surface area contributed by atoms with Gasteiger partial charge in [-0.2, -0.15) is 0 Å². The van der Waals surface area contributed by atoms with Crippen molar-refractivity contribution < 1.29 is 33.8 Å². The highest BCUT2D eigenvalue weighted by Gasteiger charge is 2.30. The Balaban J connectivity index is 1.47. The van der Waals surface area contributed by atoms with Crippen molar-refractivity contribution in [2.24, 2.45) is 17.8 Å². The number of amides is 4. The highest BCUT2D eigenvalue weighted by Crippen LogP contribution is 2.21. The summed E-state index contributed by atoms with van der Waals surface area (Å²) in [6.45, 7) is 6.64. The fraction of sp³-hybridized carbons (Fsp3) is 0.621. The standard InChI is InChI=1S/C29H43N5O7/c1-19(2)18-41-29(40)32-23-7-3-5-21(15-23)27(37)33-24(28(38)39)16-31-26(36)22-6-4-14-34(17-22)25(35)9-8-20-10-12-30-13-11-20/h3,5,7,15,19-20,22,24,30H,4,6,8-14,16-18H2,1-2H3,(H,31,36)(H,32,40)(H,33,37)(H,38,39)/t22-,24?/m1/s1. The van der Waals surface area contributed by atoms with Gasteiger partial charge in [-0.1, -0.05) is 19.9 Å². The van der Waals surface area contributed by atoms with Gasteiger partial charge in [-0.25, -0.2) is 9.59 Å². The van der Waals surface area contributed by atoms with Gasteiger partial charge >= 0.3 is 12.1 Å². The average molecular weight is 574 g/mol. The van der Waals surface area contributed by atoms with E-state index in [0.29, 0.717) is 44.0 Å². The van der Waals surface area contributed by atoms with E-state index in [1.54, 1.807) is 17.0 Å². The molecule has 0 aliphatic carbocycles. The molecule has 1 aromatic carbocycles. The van der Waals surface area contributed by atoms with E-state index in [2.05, 4.69) is 21.3 Å². The van der Waals surface area contributed by atoms with Crippen LogP contribution in [0.25, 0.3) is 0 Å². The number of carboxylic acids is 1. The van der Waals surface area contributed by atoms with Gasteiger partial charge in [0.2, 0.25) is 11.8 Å². The van der Waals surface area contributed by atoms with Crippen LogP contribution in [0.15, 0.2) is 24.3 Å². The fourth-order valence-electron chi connectivity index (χ4n) is 5.00. The minimum atomic E-state index is -1.37. The first kappa shape index (κ1) is 31.9. The smallest absolute Gasteiger partial charge is 0.411 e. The van der Waals surface area contributed by atoms with E-state index in [1.807, 2.05) is 13.8 Å². The predicted octanol–water partition coefficient (Wildman–Crippen LogP) is 2.21. The number of ether oxygens (including phenoxy) is 1. The maximum atomic E-state index is 12.9. The number of piperidine rings is 2. The molecule has 0 radical (unpaired) electrons. The minimum absolute atomic E-state index is 0.0570. The van der Waals surface area contributed by atoms with Gasteiger partial charge in [-0.15, -0.1) is 0 Å². The fourth-order valence-corrected chi connectivity index (χ4v) is 5.00. The first-order valence-electron chi connectivity index (χ1n) is 14.5. The van der Waals surface area contributed by atoms with Crippen LogP contribution in [0.3, 0.4) is 0 Å². The Hall–Kier alpha value is -3.67. The summed E-state index contributed by atoms with van der Waals surface area (Å²) in [5.41, 5.74) is 0.453. The molecule has 0 spiro atoms. The molecule has 2 fully saturated rings. The molecule has 1 unspecified atom stereocenters. The van der Waals surface area contributed by atoms with E-state index in [9.17, 15) is 29.1 Å². The molecular formula is C29H43N5O7. The average Bonchev–Trinajstić information content (AvgIpc) is 2.97. The lowest BCUT2D eigenvalue weighted by Gasteiger charge is -2.33. The molecule has 5 N–H and O–H groups in total. The number of aliphatic carboxylic acids is 1. The number of carbonyl (C=O) groups is 5. The molecular weight excluding hydrogens is 530 g/mol. The third-order valence-electron chi connectivity index (χ3n) is 7.37. The third kappa shape index (κ3) is 10.7. The molecule has 12 heteroatoms. The summed E-state index contributed by atoms with van der Waals surface area (Å²) < 4.78 is 5.07. The number of hydrogen-bond donors (Lipinski definition) is 5. The van der Waals surface area contributed by atoms with Crippen LogP contribution in [-0.2, 0) is 19.1 Å². The van der Waals surface area contributed by atoms with Gasteiger partial charge in [0.05, 0.1) is 12.5 Å². The first-order chi connectivity index (χ1) is 19.6. The number of hydrogen-bond acceptors (Lipinski definition) is 7. The number of likely N-dealkylation sites (tertiary alicyclic amines) is 1. The number of benzene rings is 1. The monoisotopic (exact) mass is 573 g/mol.